The zero-order valence-corrected chi connectivity index (χ0v) is 9.69. The molecule has 0 aliphatic carbocycles. The molecule has 0 saturated heterocycles. The summed E-state index contributed by atoms with van der Waals surface area (Å²) in [7, 11) is -2.37. The first kappa shape index (κ1) is 12.8. The first-order chi connectivity index (χ1) is 6.18. The van der Waals surface area contributed by atoms with Crippen LogP contribution in [0.5, 0.6) is 0 Å². The lowest BCUT2D eigenvalue weighted by atomic mass is 10.4. The number of rotatable bonds is 8. The largest absolute Gasteiger partial charge is 0.451 e. The van der Waals surface area contributed by atoms with Crippen LogP contribution in [-0.2, 0) is 9.09 Å². The lowest BCUT2D eigenvalue weighted by Crippen LogP contribution is -1.96. The lowest BCUT2D eigenvalue weighted by molar-refractivity contribution is 0.436. The van der Waals surface area contributed by atoms with Gasteiger partial charge in [0.2, 0.25) is 7.37 Å². The van der Waals surface area contributed by atoms with Crippen molar-refractivity contribution in [2.45, 2.75) is 39.5 Å². The molecule has 0 aliphatic heterocycles. The summed E-state index contributed by atoms with van der Waals surface area (Å²) in [6.45, 7) is 7.66. The monoisotopic (exact) mass is 204 g/mol. The number of hydrogen-bond donors (Lipinski definition) is 0. The van der Waals surface area contributed by atoms with Crippen LogP contribution in [-0.4, -0.2) is 12.3 Å². The van der Waals surface area contributed by atoms with Crippen molar-refractivity contribution < 1.29 is 9.09 Å². The highest BCUT2D eigenvalue weighted by molar-refractivity contribution is 7.59. The molecule has 13 heavy (non-hydrogen) atoms. The summed E-state index contributed by atoms with van der Waals surface area (Å²) in [5.74, 6) is 0. The van der Waals surface area contributed by atoms with Gasteiger partial charge in [0.05, 0.1) is 6.26 Å². The quantitative estimate of drug-likeness (QED) is 0.441. The maximum absolute atomic E-state index is 12.0. The second kappa shape index (κ2) is 7.20. The average Bonchev–Trinajstić information content (AvgIpc) is 2.12. The molecule has 0 aromatic carbocycles. The van der Waals surface area contributed by atoms with E-state index in [0.29, 0.717) is 12.3 Å². The van der Waals surface area contributed by atoms with Crippen molar-refractivity contribution in [2.24, 2.45) is 0 Å². The molecule has 0 fully saturated rings. The Bertz CT molecular complexity index is 166. The standard InChI is InChI=1S/C10H21O2P/c1-4-7-9-13(11,12-6-3)10-8-5-2/h6H,3-5,7-10H2,1-2H3. The van der Waals surface area contributed by atoms with Crippen LogP contribution < -0.4 is 0 Å². The lowest BCUT2D eigenvalue weighted by Gasteiger charge is -2.16. The minimum Gasteiger partial charge on any atom is -0.451 e. The third-order valence-corrected chi connectivity index (χ3v) is 4.50. The maximum atomic E-state index is 12.0. The van der Waals surface area contributed by atoms with Crippen LogP contribution in [0.2, 0.25) is 0 Å². The van der Waals surface area contributed by atoms with E-state index in [-0.39, 0.29) is 0 Å². The van der Waals surface area contributed by atoms with E-state index in [9.17, 15) is 4.57 Å². The van der Waals surface area contributed by atoms with E-state index in [4.69, 9.17) is 4.52 Å². The van der Waals surface area contributed by atoms with E-state index in [1.54, 1.807) is 0 Å². The Balaban J connectivity index is 3.99. The van der Waals surface area contributed by atoms with Crippen LogP contribution in [0.15, 0.2) is 12.8 Å². The van der Waals surface area contributed by atoms with E-state index in [2.05, 4.69) is 20.4 Å². The molecule has 0 heterocycles. The highest BCUT2D eigenvalue weighted by Gasteiger charge is 2.20. The fraction of sp³-hybridized carbons (Fsp3) is 0.800. The van der Waals surface area contributed by atoms with Gasteiger partial charge in [-0.25, -0.2) is 0 Å². The van der Waals surface area contributed by atoms with Crippen LogP contribution in [0, 0.1) is 0 Å². The molecule has 0 N–H and O–H groups in total. The van der Waals surface area contributed by atoms with Gasteiger partial charge >= 0.3 is 0 Å². The Labute approximate surface area is 81.8 Å². The third kappa shape index (κ3) is 5.93. The summed E-state index contributed by atoms with van der Waals surface area (Å²) in [4.78, 5) is 0. The van der Waals surface area contributed by atoms with Crippen molar-refractivity contribution >= 4 is 7.37 Å². The zero-order chi connectivity index (χ0) is 10.2. The smallest absolute Gasteiger partial charge is 0.247 e. The summed E-state index contributed by atoms with van der Waals surface area (Å²) in [6, 6.07) is 0. The molecule has 0 aromatic rings. The summed E-state index contributed by atoms with van der Waals surface area (Å²) in [6.07, 6.45) is 6.83. The Morgan fingerprint density at radius 2 is 1.69 bits per heavy atom. The van der Waals surface area contributed by atoms with Crippen molar-refractivity contribution in [3.05, 3.63) is 12.8 Å². The molecule has 0 unspecified atom stereocenters. The van der Waals surface area contributed by atoms with Crippen molar-refractivity contribution in [1.82, 2.24) is 0 Å². The summed E-state index contributed by atoms with van der Waals surface area (Å²) < 4.78 is 17.2. The molecular weight excluding hydrogens is 183 g/mol. The van der Waals surface area contributed by atoms with Gasteiger partial charge < -0.3 is 4.52 Å². The molecule has 0 bridgehead atoms. The minimum absolute atomic E-state index is 0.704. The number of unbranched alkanes of at least 4 members (excludes halogenated alkanes) is 2. The van der Waals surface area contributed by atoms with Crippen molar-refractivity contribution in [1.29, 1.82) is 0 Å². The molecule has 0 rings (SSSR count). The number of hydrogen-bond acceptors (Lipinski definition) is 2. The highest BCUT2D eigenvalue weighted by Crippen LogP contribution is 2.48. The van der Waals surface area contributed by atoms with E-state index >= 15 is 0 Å². The molecule has 0 aliphatic rings. The summed E-state index contributed by atoms with van der Waals surface area (Å²) in [5.41, 5.74) is 0. The molecular formula is C10H21O2P. The van der Waals surface area contributed by atoms with Gasteiger partial charge in [0.15, 0.2) is 0 Å². The Morgan fingerprint density at radius 1 is 1.23 bits per heavy atom. The van der Waals surface area contributed by atoms with Crippen LogP contribution in [0.4, 0.5) is 0 Å². The van der Waals surface area contributed by atoms with Crippen LogP contribution in [0.3, 0.4) is 0 Å². The molecule has 0 radical (unpaired) electrons. The Hall–Kier alpha value is -0.230. The van der Waals surface area contributed by atoms with Crippen molar-refractivity contribution in [3.63, 3.8) is 0 Å². The fourth-order valence-corrected chi connectivity index (χ4v) is 3.45. The van der Waals surface area contributed by atoms with Crippen LogP contribution in [0.25, 0.3) is 0 Å². The zero-order valence-electron chi connectivity index (χ0n) is 8.79. The topological polar surface area (TPSA) is 26.3 Å². The van der Waals surface area contributed by atoms with E-state index in [1.807, 2.05) is 0 Å². The second-order valence-corrected chi connectivity index (χ2v) is 5.98. The Kier molecular flexibility index (Phi) is 7.07. The maximum Gasteiger partial charge on any atom is 0.247 e. The first-order valence-corrected chi connectivity index (χ1v) is 7.05. The van der Waals surface area contributed by atoms with Crippen molar-refractivity contribution in [3.8, 4) is 0 Å². The predicted molar refractivity (Wildman–Crippen MR) is 58.4 cm³/mol. The van der Waals surface area contributed by atoms with Gasteiger partial charge in [0.25, 0.3) is 0 Å². The van der Waals surface area contributed by atoms with Gasteiger partial charge in [-0.3, -0.25) is 4.57 Å². The molecule has 0 amide bonds. The fourth-order valence-electron chi connectivity index (χ4n) is 1.15. The molecule has 0 spiro atoms. The highest BCUT2D eigenvalue weighted by atomic mass is 31.2. The normalized spacial score (nSPS) is 11.2. The molecule has 0 aromatic heterocycles. The molecule has 3 heteroatoms. The summed E-state index contributed by atoms with van der Waals surface area (Å²) in [5, 5.41) is 0. The SMILES string of the molecule is C=COP(=O)(CCCC)CCCC. The van der Waals surface area contributed by atoms with Crippen LogP contribution >= 0.6 is 7.37 Å². The first-order valence-electron chi connectivity index (χ1n) is 5.06. The molecule has 0 saturated carbocycles. The predicted octanol–water partition coefficient (Wildman–Crippen LogP) is 4.02. The van der Waals surface area contributed by atoms with E-state index in [1.165, 1.54) is 6.26 Å². The van der Waals surface area contributed by atoms with Gasteiger partial charge in [-0.1, -0.05) is 33.3 Å². The Morgan fingerprint density at radius 3 is 2.00 bits per heavy atom. The van der Waals surface area contributed by atoms with Gasteiger partial charge in [-0.2, -0.15) is 0 Å². The van der Waals surface area contributed by atoms with Gasteiger partial charge in [-0.15, -0.1) is 0 Å². The van der Waals surface area contributed by atoms with Gasteiger partial charge in [-0.05, 0) is 12.8 Å². The van der Waals surface area contributed by atoms with E-state index in [0.717, 1.165) is 25.7 Å². The van der Waals surface area contributed by atoms with Crippen LogP contribution in [0.1, 0.15) is 39.5 Å². The second-order valence-electron chi connectivity index (χ2n) is 3.24. The minimum atomic E-state index is -2.37. The van der Waals surface area contributed by atoms with E-state index < -0.39 is 7.37 Å². The van der Waals surface area contributed by atoms with Gasteiger partial charge in [0, 0.05) is 12.3 Å². The molecule has 2 nitrogen and oxygen atoms in total. The van der Waals surface area contributed by atoms with Gasteiger partial charge in [0.1, 0.15) is 0 Å². The molecule has 78 valence electrons. The summed E-state index contributed by atoms with van der Waals surface area (Å²) >= 11 is 0. The average molecular weight is 204 g/mol. The third-order valence-electron chi connectivity index (χ3n) is 1.97. The molecule has 0 atom stereocenters. The van der Waals surface area contributed by atoms with Crippen molar-refractivity contribution in [2.75, 3.05) is 12.3 Å².